The third kappa shape index (κ3) is 3.70. The predicted octanol–water partition coefficient (Wildman–Crippen LogP) is 7.59. The summed E-state index contributed by atoms with van der Waals surface area (Å²) in [6.45, 7) is 0. The summed E-state index contributed by atoms with van der Waals surface area (Å²) in [6.07, 6.45) is 0. The predicted molar refractivity (Wildman–Crippen MR) is 152 cm³/mol. The van der Waals surface area contributed by atoms with Crippen molar-refractivity contribution in [1.29, 1.82) is 0 Å². The highest BCUT2D eigenvalue weighted by Crippen LogP contribution is 2.37. The molecule has 0 fully saturated rings. The fraction of sp³-hybridized carbons (Fsp3) is 0. The maximum absolute atomic E-state index is 3.56. The number of fused-ring (bicyclic) bond motifs is 5. The number of rotatable bonds is 4. The lowest BCUT2D eigenvalue weighted by Gasteiger charge is -2.12. The highest BCUT2D eigenvalue weighted by molar-refractivity contribution is 14.1. The van der Waals surface area contributed by atoms with Crippen molar-refractivity contribution in [2.45, 2.75) is 0 Å². The molecule has 5 heteroatoms. The van der Waals surface area contributed by atoms with Crippen molar-refractivity contribution in [3.8, 4) is 22.3 Å². The summed E-state index contributed by atoms with van der Waals surface area (Å²) in [7, 11) is 0. The van der Waals surface area contributed by atoms with E-state index in [1.807, 2.05) is 0 Å². The third-order valence-electron chi connectivity index (χ3n) is 6.34. The number of halogens is 1. The quantitative estimate of drug-likeness (QED) is 0.173. The highest BCUT2D eigenvalue weighted by atomic mass is 127. The molecule has 0 aliphatic heterocycles. The van der Waals surface area contributed by atoms with Crippen molar-refractivity contribution >= 4 is 87.2 Å². The summed E-state index contributed by atoms with van der Waals surface area (Å²) in [5, 5.41) is 5.19. The van der Waals surface area contributed by atoms with Gasteiger partial charge in [-0.25, -0.2) is 0 Å². The fourth-order valence-electron chi connectivity index (χ4n) is 4.78. The average Bonchev–Trinajstić information content (AvgIpc) is 3.16. The van der Waals surface area contributed by atoms with Gasteiger partial charge in [0.05, 0.1) is 0 Å². The third-order valence-corrected chi connectivity index (χ3v) is 8.25. The molecule has 5 aromatic carbocycles. The van der Waals surface area contributed by atoms with Crippen LogP contribution >= 0.6 is 20.3 Å². The van der Waals surface area contributed by atoms with Crippen molar-refractivity contribution in [2.75, 3.05) is 4.30 Å². The number of hydrogen-bond acceptors (Lipinski definition) is 1. The van der Waals surface area contributed by atoms with Crippen LogP contribution in [0, 0.1) is 0 Å². The van der Waals surface area contributed by atoms with Gasteiger partial charge in [-0.1, -0.05) is 78.9 Å². The molecule has 0 saturated heterocycles. The van der Waals surface area contributed by atoms with Crippen LogP contribution in [0.3, 0.4) is 0 Å². The second kappa shape index (κ2) is 8.84. The van der Waals surface area contributed by atoms with Gasteiger partial charge in [0.2, 0.25) is 0 Å². The van der Waals surface area contributed by atoms with Crippen LogP contribution in [0.15, 0.2) is 103 Å². The maximum Gasteiger partial charge on any atom is 0.470 e. The minimum absolute atomic E-state index is 0.162. The van der Waals surface area contributed by atoms with Crippen LogP contribution in [0.2, 0.25) is 0 Å². The monoisotopic (exact) mass is 563 g/mol. The first-order valence-corrected chi connectivity index (χ1v) is 16.1. The van der Waals surface area contributed by atoms with Gasteiger partial charge in [-0.15, -0.1) is 0 Å². The lowest BCUT2D eigenvalue weighted by atomic mass is 9.97. The first-order chi connectivity index (χ1) is 16.2. The maximum atomic E-state index is 3.56. The number of para-hydroxylation sites is 1. The van der Waals surface area contributed by atoms with E-state index in [1.165, 1.54) is 60.5 Å². The van der Waals surface area contributed by atoms with Gasteiger partial charge in [-0.3, -0.25) is 0 Å². The Labute approximate surface area is 218 Å². The molecule has 0 unspecified atom stereocenters. The molecular formula is C28H18Al2IN2. The molecule has 33 heavy (non-hydrogen) atoms. The Hall–Kier alpha value is -2.25. The number of aromatic nitrogens is 1. The van der Waals surface area contributed by atoms with Gasteiger partial charge in [-0.05, 0) is 51.7 Å². The molecule has 0 amide bonds. The van der Waals surface area contributed by atoms with Gasteiger partial charge >= 0.3 is 28.7 Å². The molecule has 0 aliphatic rings. The normalized spacial score (nSPS) is 11.3. The standard InChI is InChI=1S/C28H18N2.2Al.HI/c29-25-11-4-3-9-22(25)21-8-5-7-19(16-21)20-12-14-24-27(17-20)30-26-15-13-18-6-1-2-10-23(18)28(24)26;;;/h1-17,29H;;;1H/q-2;+1;+2;/p-1. The topological polar surface area (TPSA) is 17.0 Å². The Balaban J connectivity index is 1.52. The fourth-order valence-corrected chi connectivity index (χ4v) is 6.59. The summed E-state index contributed by atoms with van der Waals surface area (Å²) < 4.78 is 5.80. The van der Waals surface area contributed by atoms with Crippen LogP contribution < -0.4 is 4.30 Å². The van der Waals surface area contributed by atoms with E-state index in [4.69, 9.17) is 0 Å². The molecular weight excluding hydrogens is 545 g/mol. The Kier molecular flexibility index (Phi) is 5.71. The molecule has 0 spiro atoms. The minimum atomic E-state index is 0.162. The largest absolute Gasteiger partial charge is 0.474 e. The molecule has 3 radical (unpaired) electrons. The Bertz CT molecular complexity index is 1660. The zero-order chi connectivity index (χ0) is 22.4. The lowest BCUT2D eigenvalue weighted by molar-refractivity contribution is 1.39. The van der Waals surface area contributed by atoms with Gasteiger partial charge in [0.1, 0.15) is 0 Å². The molecule has 0 aliphatic carbocycles. The molecule has 6 rings (SSSR count). The van der Waals surface area contributed by atoms with Gasteiger partial charge < -0.3 is 7.85 Å². The van der Waals surface area contributed by atoms with Gasteiger partial charge in [0, 0.05) is 33.1 Å². The van der Waals surface area contributed by atoms with E-state index in [2.05, 4.69) is 148 Å². The number of hydrogen-bond donors (Lipinski definition) is 1. The zero-order valence-electron chi connectivity index (χ0n) is 17.8. The Morgan fingerprint density at radius 3 is 2.36 bits per heavy atom. The van der Waals surface area contributed by atoms with Crippen LogP contribution in [0.1, 0.15) is 0 Å². The molecule has 1 heterocycles. The van der Waals surface area contributed by atoms with Gasteiger partial charge in [-0.2, -0.15) is 20.3 Å². The van der Waals surface area contributed by atoms with Crippen molar-refractivity contribution < 1.29 is 0 Å². The molecule has 0 bridgehead atoms. The van der Waals surface area contributed by atoms with Crippen molar-refractivity contribution in [2.24, 2.45) is 0 Å². The van der Waals surface area contributed by atoms with Crippen LogP contribution in [-0.4, -0.2) is 32.2 Å². The number of benzene rings is 5. The summed E-state index contributed by atoms with van der Waals surface area (Å²) in [6, 6.07) is 37.4. The smallest absolute Gasteiger partial charge is 0.470 e. The summed E-state index contributed by atoms with van der Waals surface area (Å²) >= 11 is 5.51. The number of nitrogens with one attached hydrogen (secondary N) is 1. The molecule has 1 N–H and O–H groups in total. The minimum Gasteiger partial charge on any atom is -0.474 e. The Morgan fingerprint density at radius 2 is 1.45 bits per heavy atom. The van der Waals surface area contributed by atoms with Gasteiger partial charge in [0.15, 0.2) is 0 Å². The van der Waals surface area contributed by atoms with Crippen molar-refractivity contribution in [3.63, 3.8) is 0 Å². The van der Waals surface area contributed by atoms with E-state index >= 15 is 0 Å². The molecule has 153 valence electrons. The Morgan fingerprint density at radius 1 is 0.667 bits per heavy atom. The summed E-state index contributed by atoms with van der Waals surface area (Å²) in [4.78, 5) is 0. The highest BCUT2D eigenvalue weighted by Gasteiger charge is 2.12. The van der Waals surface area contributed by atoms with Crippen molar-refractivity contribution in [3.05, 3.63) is 103 Å². The van der Waals surface area contributed by atoms with E-state index in [9.17, 15) is 0 Å². The van der Waals surface area contributed by atoms with Gasteiger partial charge in [0.25, 0.3) is 0 Å². The molecule has 2 nitrogen and oxygen atoms in total. The van der Waals surface area contributed by atoms with Crippen molar-refractivity contribution in [1.82, 2.24) is 3.55 Å². The van der Waals surface area contributed by atoms with Crippen LogP contribution in [0.25, 0.3) is 54.8 Å². The second-order valence-electron chi connectivity index (χ2n) is 8.16. The number of nitrogens with zero attached hydrogens (tertiary/aromatic N) is 1. The van der Waals surface area contributed by atoms with E-state index < -0.39 is 0 Å². The van der Waals surface area contributed by atoms with Crippen LogP contribution in [0.5, 0.6) is 0 Å². The molecule has 1 aromatic heterocycles. The molecule has 0 atom stereocenters. The van der Waals surface area contributed by atoms with Crippen LogP contribution in [0.4, 0.5) is 5.69 Å². The average molecular weight is 563 g/mol. The molecule has 0 saturated carbocycles. The second-order valence-corrected chi connectivity index (χ2v) is 11.1. The van der Waals surface area contributed by atoms with E-state index in [-0.39, 0.29) is 12.2 Å². The van der Waals surface area contributed by atoms with E-state index in [0.717, 1.165) is 0 Å². The van der Waals surface area contributed by atoms with Crippen LogP contribution in [-0.2, 0) is 0 Å². The van der Waals surface area contributed by atoms with E-state index in [0.29, 0.717) is 0 Å². The first kappa shape index (κ1) is 21.3. The molecule has 6 aromatic rings. The summed E-state index contributed by atoms with van der Waals surface area (Å²) in [5.41, 5.74) is 8.60. The first-order valence-electron chi connectivity index (χ1n) is 10.8. The zero-order valence-corrected chi connectivity index (χ0v) is 22.3. The number of anilines is 1. The SMILES string of the molecule is [Al][n]1c2cc(-c3cccc(-c4ccccc4[NH][Al][I])c3)ccc2c2c3ccccc3ccc21. The van der Waals surface area contributed by atoms with E-state index in [1.54, 1.807) is 0 Å². The lowest BCUT2D eigenvalue weighted by Crippen LogP contribution is -1.99. The summed E-state index contributed by atoms with van der Waals surface area (Å²) in [5.74, 6) is 0.